The normalized spacial score (nSPS) is 11.7. The summed E-state index contributed by atoms with van der Waals surface area (Å²) in [6, 6.07) is 0. The van der Waals surface area contributed by atoms with Crippen LogP contribution in [-0.4, -0.2) is 16.5 Å². The molecular formula is C15H32O2Si. The van der Waals surface area contributed by atoms with Crippen LogP contribution in [0.5, 0.6) is 0 Å². The molecule has 2 nitrogen and oxygen atoms in total. The van der Waals surface area contributed by atoms with Crippen LogP contribution in [-0.2, 0) is 9.22 Å². The lowest BCUT2D eigenvalue weighted by molar-refractivity contribution is -0.134. The highest BCUT2D eigenvalue weighted by atomic mass is 28.2. The van der Waals surface area contributed by atoms with Crippen molar-refractivity contribution in [3.63, 3.8) is 0 Å². The Morgan fingerprint density at radius 2 is 1.61 bits per heavy atom. The third kappa shape index (κ3) is 7.19. The molecule has 0 aromatic heterocycles. The molecule has 0 spiro atoms. The van der Waals surface area contributed by atoms with Crippen molar-refractivity contribution in [1.82, 2.24) is 0 Å². The standard InChI is InChI=1S/C15H32O2Si/c1-4-7-8-9-12-15(5-2,6-3)13-10-11-14(16)17-18/h4-13H2,1-3,18H3. The fraction of sp³-hybridized carbons (Fsp3) is 0.933. The molecular weight excluding hydrogens is 240 g/mol. The van der Waals surface area contributed by atoms with E-state index >= 15 is 0 Å². The van der Waals surface area contributed by atoms with Crippen molar-refractivity contribution >= 4 is 16.5 Å². The summed E-state index contributed by atoms with van der Waals surface area (Å²) in [4.78, 5) is 11.2. The van der Waals surface area contributed by atoms with Gasteiger partial charge in [0.15, 0.2) is 0 Å². The third-order valence-corrected chi connectivity index (χ3v) is 4.83. The molecule has 0 heterocycles. The van der Waals surface area contributed by atoms with Crippen molar-refractivity contribution in [3.05, 3.63) is 0 Å². The molecule has 3 heteroatoms. The van der Waals surface area contributed by atoms with Gasteiger partial charge in [0.05, 0.1) is 0 Å². The summed E-state index contributed by atoms with van der Waals surface area (Å²) in [5.74, 6) is -0.00578. The van der Waals surface area contributed by atoms with E-state index in [1.807, 2.05) is 0 Å². The molecule has 0 amide bonds. The largest absolute Gasteiger partial charge is 0.529 e. The first-order chi connectivity index (χ1) is 8.64. The Morgan fingerprint density at radius 3 is 2.11 bits per heavy atom. The molecule has 0 aliphatic carbocycles. The zero-order valence-electron chi connectivity index (χ0n) is 12.9. The molecule has 108 valence electrons. The minimum absolute atomic E-state index is 0.00578. The fourth-order valence-electron chi connectivity index (χ4n) is 2.72. The summed E-state index contributed by atoms with van der Waals surface area (Å²) in [5, 5.41) is 0. The van der Waals surface area contributed by atoms with Crippen LogP contribution in [0.4, 0.5) is 0 Å². The second-order valence-electron chi connectivity index (χ2n) is 5.45. The van der Waals surface area contributed by atoms with Crippen LogP contribution in [0.25, 0.3) is 0 Å². The van der Waals surface area contributed by atoms with E-state index in [0.29, 0.717) is 22.3 Å². The molecule has 0 aromatic rings. The van der Waals surface area contributed by atoms with Gasteiger partial charge in [0.1, 0.15) is 0 Å². The van der Waals surface area contributed by atoms with Gasteiger partial charge < -0.3 is 4.43 Å². The van der Waals surface area contributed by atoms with Crippen LogP contribution in [0.2, 0.25) is 0 Å². The van der Waals surface area contributed by atoms with E-state index in [4.69, 9.17) is 4.43 Å². The fourth-order valence-corrected chi connectivity index (χ4v) is 2.92. The molecule has 0 aliphatic rings. The second-order valence-corrected chi connectivity index (χ2v) is 5.86. The summed E-state index contributed by atoms with van der Waals surface area (Å²) in [5.41, 5.74) is 0.471. The highest BCUT2D eigenvalue weighted by molar-refractivity contribution is 6.05. The van der Waals surface area contributed by atoms with Crippen molar-refractivity contribution in [2.45, 2.75) is 85.0 Å². The molecule has 0 N–H and O–H groups in total. The van der Waals surface area contributed by atoms with Crippen LogP contribution >= 0.6 is 0 Å². The molecule has 0 saturated heterocycles. The van der Waals surface area contributed by atoms with Crippen molar-refractivity contribution < 1.29 is 9.22 Å². The molecule has 0 rings (SSSR count). The van der Waals surface area contributed by atoms with Gasteiger partial charge in [-0.15, -0.1) is 0 Å². The molecule has 0 unspecified atom stereocenters. The summed E-state index contributed by atoms with van der Waals surface area (Å²) in [6.07, 6.45) is 12.0. The van der Waals surface area contributed by atoms with Crippen molar-refractivity contribution in [2.75, 3.05) is 0 Å². The Balaban J connectivity index is 4.03. The third-order valence-electron chi connectivity index (χ3n) is 4.38. The van der Waals surface area contributed by atoms with E-state index < -0.39 is 0 Å². The predicted octanol–water partition coefficient (Wildman–Crippen LogP) is 3.76. The topological polar surface area (TPSA) is 26.3 Å². The molecule has 0 aromatic carbocycles. The second kappa shape index (κ2) is 10.6. The number of rotatable bonds is 11. The maximum Gasteiger partial charge on any atom is 0.291 e. The molecule has 0 atom stereocenters. The number of hydrogen-bond donors (Lipinski definition) is 0. The van der Waals surface area contributed by atoms with E-state index in [0.717, 1.165) is 6.42 Å². The van der Waals surface area contributed by atoms with Crippen LogP contribution in [0.15, 0.2) is 0 Å². The van der Waals surface area contributed by atoms with Crippen LogP contribution in [0.3, 0.4) is 0 Å². The Morgan fingerprint density at radius 1 is 1.00 bits per heavy atom. The maximum atomic E-state index is 11.2. The van der Waals surface area contributed by atoms with E-state index in [1.165, 1.54) is 51.4 Å². The van der Waals surface area contributed by atoms with Crippen LogP contribution in [0, 0.1) is 5.41 Å². The Kier molecular flexibility index (Phi) is 10.4. The van der Waals surface area contributed by atoms with Crippen molar-refractivity contribution in [1.29, 1.82) is 0 Å². The van der Waals surface area contributed by atoms with Gasteiger partial charge in [0.25, 0.3) is 5.97 Å². The number of hydrogen-bond acceptors (Lipinski definition) is 2. The summed E-state index contributed by atoms with van der Waals surface area (Å²) < 4.78 is 4.85. The van der Waals surface area contributed by atoms with Gasteiger partial charge in [-0.2, -0.15) is 0 Å². The lowest BCUT2D eigenvalue weighted by Gasteiger charge is -2.32. The maximum absolute atomic E-state index is 11.2. The predicted molar refractivity (Wildman–Crippen MR) is 81.7 cm³/mol. The van der Waals surface area contributed by atoms with Crippen molar-refractivity contribution in [3.8, 4) is 0 Å². The van der Waals surface area contributed by atoms with E-state index in [2.05, 4.69) is 20.8 Å². The Bertz CT molecular complexity index is 213. The summed E-state index contributed by atoms with van der Waals surface area (Å²) in [6.45, 7) is 6.86. The van der Waals surface area contributed by atoms with Gasteiger partial charge in [0, 0.05) is 6.42 Å². The molecule has 0 bridgehead atoms. The first-order valence-corrected chi connectivity index (χ1v) is 8.52. The lowest BCUT2D eigenvalue weighted by atomic mass is 9.74. The summed E-state index contributed by atoms with van der Waals surface area (Å²) >= 11 is 0. The molecule has 0 saturated carbocycles. The highest BCUT2D eigenvalue weighted by Gasteiger charge is 2.25. The van der Waals surface area contributed by atoms with E-state index in [-0.39, 0.29) is 5.97 Å². The molecule has 18 heavy (non-hydrogen) atoms. The van der Waals surface area contributed by atoms with Crippen LogP contribution in [0.1, 0.15) is 85.0 Å². The monoisotopic (exact) mass is 272 g/mol. The van der Waals surface area contributed by atoms with Gasteiger partial charge in [0.2, 0.25) is 10.5 Å². The van der Waals surface area contributed by atoms with Gasteiger partial charge in [-0.05, 0) is 24.7 Å². The number of carbonyl (C=O) groups excluding carboxylic acids is 1. The lowest BCUT2D eigenvalue weighted by Crippen LogP contribution is -2.19. The molecule has 0 fully saturated rings. The minimum atomic E-state index is -0.00578. The quantitative estimate of drug-likeness (QED) is 0.423. The van der Waals surface area contributed by atoms with Crippen molar-refractivity contribution in [2.24, 2.45) is 5.41 Å². The van der Waals surface area contributed by atoms with E-state index in [1.54, 1.807) is 0 Å². The zero-order valence-corrected chi connectivity index (χ0v) is 14.9. The van der Waals surface area contributed by atoms with Gasteiger partial charge >= 0.3 is 0 Å². The highest BCUT2D eigenvalue weighted by Crippen LogP contribution is 2.38. The summed E-state index contributed by atoms with van der Waals surface area (Å²) in [7, 11) is 0.534. The first kappa shape index (κ1) is 17.7. The van der Waals surface area contributed by atoms with Gasteiger partial charge in [-0.1, -0.05) is 59.3 Å². The number of carbonyl (C=O) groups is 1. The zero-order chi connectivity index (χ0) is 13.9. The number of unbranched alkanes of at least 4 members (excludes halogenated alkanes) is 3. The smallest absolute Gasteiger partial charge is 0.291 e. The van der Waals surface area contributed by atoms with Gasteiger partial charge in [-0.3, -0.25) is 4.79 Å². The molecule has 0 aliphatic heterocycles. The Hall–Kier alpha value is -0.313. The first-order valence-electron chi connectivity index (χ1n) is 7.71. The minimum Gasteiger partial charge on any atom is -0.529 e. The Labute approximate surface area is 116 Å². The average molecular weight is 273 g/mol. The van der Waals surface area contributed by atoms with E-state index in [9.17, 15) is 4.79 Å². The van der Waals surface area contributed by atoms with Gasteiger partial charge in [-0.25, -0.2) is 0 Å². The SMILES string of the molecule is CCCCCCC(CC)(CC)CCCC(=O)O[SiH3]. The molecule has 0 radical (unpaired) electrons. The average Bonchev–Trinajstić information content (AvgIpc) is 2.41. The van der Waals surface area contributed by atoms with Crippen LogP contribution < -0.4 is 0 Å².